The highest BCUT2D eigenvalue weighted by molar-refractivity contribution is 9.11. The molecule has 168 valence electrons. The van der Waals surface area contributed by atoms with Crippen LogP contribution >= 0.6 is 55.2 Å². The van der Waals surface area contributed by atoms with Gasteiger partial charge in [-0.15, -0.1) is 0 Å². The number of nitrogens with one attached hydrogen (secondary N) is 1. The van der Waals surface area contributed by atoms with Gasteiger partial charge >= 0.3 is 0 Å². The molecule has 0 radical (unpaired) electrons. The summed E-state index contributed by atoms with van der Waals surface area (Å²) in [6.07, 6.45) is 1.79. The Labute approximate surface area is 217 Å². The Morgan fingerprint density at radius 3 is 2.58 bits per heavy atom. The molecule has 0 unspecified atom stereocenters. The number of thioether (sulfide) groups is 1. The lowest BCUT2D eigenvalue weighted by Crippen LogP contribution is -2.19. The topological polar surface area (TPSA) is 59.9 Å². The Bertz CT molecular complexity index is 1260. The van der Waals surface area contributed by atoms with Crippen molar-refractivity contribution in [2.45, 2.75) is 6.61 Å². The van der Waals surface area contributed by atoms with Gasteiger partial charge in [0.1, 0.15) is 6.61 Å². The summed E-state index contributed by atoms with van der Waals surface area (Å²) in [6, 6.07) is 18.6. The summed E-state index contributed by atoms with van der Waals surface area (Å²) in [6.45, 7) is 0.382. The number of benzene rings is 3. The maximum absolute atomic E-state index is 12.4. The maximum atomic E-state index is 12.4. The Hall–Kier alpha value is -2.26. The third kappa shape index (κ3) is 6.20. The molecule has 3 aromatic carbocycles. The van der Waals surface area contributed by atoms with Crippen LogP contribution in [0.25, 0.3) is 6.08 Å². The normalized spacial score (nSPS) is 15.7. The number of hydrogen-bond acceptors (Lipinski definition) is 5. The van der Waals surface area contributed by atoms with Crippen molar-refractivity contribution >= 4 is 78.1 Å². The quantitative estimate of drug-likeness (QED) is 0.298. The highest BCUT2D eigenvalue weighted by Crippen LogP contribution is 2.33. The molecule has 3 aromatic rings. The van der Waals surface area contributed by atoms with E-state index >= 15 is 0 Å². The van der Waals surface area contributed by atoms with E-state index in [4.69, 9.17) is 21.1 Å². The largest absolute Gasteiger partial charge is 0.493 e. The van der Waals surface area contributed by atoms with Gasteiger partial charge in [0.2, 0.25) is 0 Å². The van der Waals surface area contributed by atoms with E-state index in [9.17, 15) is 4.79 Å². The SMILES string of the molecule is COc1cc(/C=C2\SC(=Nc3ccc(Cl)cc3)NC2=O)ccc1OCc1ccc(Br)cc1Br. The first-order valence-corrected chi connectivity index (χ1v) is 12.5. The van der Waals surface area contributed by atoms with Gasteiger partial charge in [0.05, 0.1) is 17.7 Å². The third-order valence-corrected chi connectivity index (χ3v) is 6.99. The zero-order chi connectivity index (χ0) is 23.4. The van der Waals surface area contributed by atoms with Crippen molar-refractivity contribution in [3.8, 4) is 11.5 Å². The van der Waals surface area contributed by atoms with E-state index in [1.807, 2.05) is 36.4 Å². The predicted octanol–water partition coefficient (Wildman–Crippen LogP) is 7.34. The second kappa shape index (κ2) is 10.8. The fraction of sp³-hybridized carbons (Fsp3) is 0.0833. The molecule has 0 saturated carbocycles. The molecule has 0 spiro atoms. The summed E-state index contributed by atoms with van der Waals surface area (Å²) in [5.41, 5.74) is 2.54. The van der Waals surface area contributed by atoms with Crippen LogP contribution in [0.15, 0.2) is 79.5 Å². The first kappa shape index (κ1) is 23.9. The van der Waals surface area contributed by atoms with Gasteiger partial charge in [-0.05, 0) is 71.9 Å². The third-order valence-electron chi connectivity index (χ3n) is 4.59. The number of methoxy groups -OCH3 is 1. The highest BCUT2D eigenvalue weighted by atomic mass is 79.9. The van der Waals surface area contributed by atoms with Gasteiger partial charge < -0.3 is 14.8 Å². The van der Waals surface area contributed by atoms with Crippen LogP contribution in [0, 0.1) is 0 Å². The van der Waals surface area contributed by atoms with E-state index in [1.165, 1.54) is 11.8 Å². The molecule has 0 bridgehead atoms. The van der Waals surface area contributed by atoms with E-state index < -0.39 is 0 Å². The second-order valence-electron chi connectivity index (χ2n) is 6.89. The number of aliphatic imine (C=N–C) groups is 1. The molecule has 1 heterocycles. The molecule has 1 aliphatic heterocycles. The van der Waals surface area contributed by atoms with E-state index in [2.05, 4.69) is 42.2 Å². The van der Waals surface area contributed by atoms with Gasteiger partial charge in [-0.25, -0.2) is 4.99 Å². The number of rotatable bonds is 6. The maximum Gasteiger partial charge on any atom is 0.264 e. The van der Waals surface area contributed by atoms with Crippen molar-refractivity contribution in [2.24, 2.45) is 4.99 Å². The predicted molar refractivity (Wildman–Crippen MR) is 141 cm³/mol. The minimum atomic E-state index is -0.202. The number of ether oxygens (including phenoxy) is 2. The zero-order valence-electron chi connectivity index (χ0n) is 17.3. The van der Waals surface area contributed by atoms with Crippen molar-refractivity contribution in [3.63, 3.8) is 0 Å². The Morgan fingerprint density at radius 2 is 1.85 bits per heavy atom. The smallest absolute Gasteiger partial charge is 0.264 e. The van der Waals surface area contributed by atoms with Crippen LogP contribution in [0.1, 0.15) is 11.1 Å². The molecule has 0 atom stereocenters. The Balaban J connectivity index is 1.48. The van der Waals surface area contributed by atoms with Gasteiger partial charge in [-0.2, -0.15) is 0 Å². The Kier molecular flexibility index (Phi) is 7.80. The minimum Gasteiger partial charge on any atom is -0.493 e. The number of halogens is 3. The fourth-order valence-electron chi connectivity index (χ4n) is 2.95. The van der Waals surface area contributed by atoms with Crippen LogP contribution < -0.4 is 14.8 Å². The number of nitrogens with zero attached hydrogens (tertiary/aromatic N) is 1. The van der Waals surface area contributed by atoms with Crippen LogP contribution in [0.5, 0.6) is 11.5 Å². The van der Waals surface area contributed by atoms with E-state index in [-0.39, 0.29) is 5.91 Å². The lowest BCUT2D eigenvalue weighted by atomic mass is 10.2. The Morgan fingerprint density at radius 1 is 1.06 bits per heavy atom. The van der Waals surface area contributed by atoms with Gasteiger partial charge in [0.25, 0.3) is 5.91 Å². The summed E-state index contributed by atoms with van der Waals surface area (Å²) in [5.74, 6) is 0.992. The van der Waals surface area contributed by atoms with Crippen LogP contribution in [0.2, 0.25) is 5.02 Å². The minimum absolute atomic E-state index is 0.202. The number of hydrogen-bond donors (Lipinski definition) is 1. The summed E-state index contributed by atoms with van der Waals surface area (Å²) < 4.78 is 13.4. The van der Waals surface area contributed by atoms with E-state index in [1.54, 1.807) is 37.5 Å². The number of amides is 1. The standard InChI is InChI=1S/C24H17Br2ClN2O3S/c1-31-21-10-14(2-9-20(21)32-13-15-3-4-16(25)12-19(15)26)11-22-23(30)29-24(33-22)28-18-7-5-17(27)6-8-18/h2-12H,13H2,1H3,(H,28,29,30)/b22-11-. The van der Waals surface area contributed by atoms with Crippen LogP contribution in [0.3, 0.4) is 0 Å². The fourth-order valence-corrected chi connectivity index (χ4v) is 5.08. The second-order valence-corrected chi connectivity index (χ2v) is 10.1. The van der Waals surface area contributed by atoms with Gasteiger partial charge in [-0.3, -0.25) is 4.79 Å². The lowest BCUT2D eigenvalue weighted by molar-refractivity contribution is -0.115. The van der Waals surface area contributed by atoms with Crippen LogP contribution in [0.4, 0.5) is 5.69 Å². The van der Waals surface area contributed by atoms with E-state index in [0.29, 0.717) is 38.9 Å². The van der Waals surface area contributed by atoms with Gasteiger partial charge in [0.15, 0.2) is 16.7 Å². The monoisotopic (exact) mass is 606 g/mol. The van der Waals surface area contributed by atoms with E-state index in [0.717, 1.165) is 20.1 Å². The molecule has 33 heavy (non-hydrogen) atoms. The molecule has 5 nitrogen and oxygen atoms in total. The number of carbonyl (C=O) groups excluding carboxylic acids is 1. The number of carbonyl (C=O) groups is 1. The molecular formula is C24H17Br2ClN2O3S. The summed E-state index contributed by atoms with van der Waals surface area (Å²) >= 11 is 14.2. The zero-order valence-corrected chi connectivity index (χ0v) is 22.0. The van der Waals surface area contributed by atoms with Crippen molar-refractivity contribution in [1.82, 2.24) is 5.32 Å². The van der Waals surface area contributed by atoms with Crippen molar-refractivity contribution in [3.05, 3.63) is 90.7 Å². The summed E-state index contributed by atoms with van der Waals surface area (Å²) in [7, 11) is 1.59. The van der Waals surface area contributed by atoms with Gasteiger partial charge in [-0.1, -0.05) is 55.6 Å². The molecule has 1 fully saturated rings. The molecule has 1 amide bonds. The summed E-state index contributed by atoms with van der Waals surface area (Å²) in [4.78, 5) is 17.4. The van der Waals surface area contributed by atoms with Gasteiger partial charge in [0, 0.05) is 19.5 Å². The summed E-state index contributed by atoms with van der Waals surface area (Å²) in [5, 5.41) is 3.93. The van der Waals surface area contributed by atoms with Crippen molar-refractivity contribution < 1.29 is 14.3 Å². The van der Waals surface area contributed by atoms with Crippen molar-refractivity contribution in [1.29, 1.82) is 0 Å². The molecule has 0 aliphatic carbocycles. The molecular weight excluding hydrogens is 592 g/mol. The van der Waals surface area contributed by atoms with Crippen molar-refractivity contribution in [2.75, 3.05) is 7.11 Å². The molecule has 9 heteroatoms. The molecule has 4 rings (SSSR count). The number of amidine groups is 1. The molecule has 1 aliphatic rings. The highest BCUT2D eigenvalue weighted by Gasteiger charge is 2.24. The molecule has 1 saturated heterocycles. The average molecular weight is 609 g/mol. The lowest BCUT2D eigenvalue weighted by Gasteiger charge is -2.12. The van der Waals surface area contributed by atoms with Crippen LogP contribution in [-0.2, 0) is 11.4 Å². The molecule has 1 N–H and O–H groups in total. The average Bonchev–Trinajstić information content (AvgIpc) is 3.13. The molecule has 0 aromatic heterocycles. The first-order valence-electron chi connectivity index (χ1n) is 9.71. The van der Waals surface area contributed by atoms with Crippen LogP contribution in [-0.4, -0.2) is 18.2 Å². The first-order chi connectivity index (χ1) is 15.9.